The molecule has 0 aliphatic carbocycles. The molecule has 3 rings (SSSR count). The Kier molecular flexibility index (Phi) is 5.16. The lowest BCUT2D eigenvalue weighted by Gasteiger charge is -2.35. The van der Waals surface area contributed by atoms with E-state index in [1.165, 1.54) is 0 Å². The summed E-state index contributed by atoms with van der Waals surface area (Å²) in [4.78, 5) is 14.5. The van der Waals surface area contributed by atoms with Gasteiger partial charge < -0.3 is 14.4 Å². The highest BCUT2D eigenvalue weighted by Gasteiger charge is 2.26. The second kappa shape index (κ2) is 7.49. The summed E-state index contributed by atoms with van der Waals surface area (Å²) in [5.41, 5.74) is 1.80. The first kappa shape index (κ1) is 16.5. The van der Waals surface area contributed by atoms with Crippen LogP contribution < -0.4 is 4.74 Å². The zero-order valence-corrected chi connectivity index (χ0v) is 14.1. The third-order valence-corrected chi connectivity index (χ3v) is 4.06. The summed E-state index contributed by atoms with van der Waals surface area (Å²) in [6.45, 7) is 5.78. The number of amides is 1. The van der Waals surface area contributed by atoms with Crippen molar-refractivity contribution in [3.05, 3.63) is 65.7 Å². The molecule has 0 saturated carbocycles. The molecule has 2 aromatic carbocycles. The van der Waals surface area contributed by atoms with Crippen molar-refractivity contribution in [1.82, 2.24) is 4.90 Å². The molecular weight excluding hydrogens is 302 g/mol. The van der Waals surface area contributed by atoms with Crippen molar-refractivity contribution >= 4 is 5.91 Å². The smallest absolute Gasteiger partial charge is 0.254 e. The van der Waals surface area contributed by atoms with Gasteiger partial charge >= 0.3 is 0 Å². The van der Waals surface area contributed by atoms with Crippen molar-refractivity contribution in [3.63, 3.8) is 0 Å². The second-order valence-electron chi connectivity index (χ2n) is 6.27. The van der Waals surface area contributed by atoms with E-state index >= 15 is 0 Å². The van der Waals surface area contributed by atoms with Crippen molar-refractivity contribution in [2.45, 2.75) is 32.7 Å². The van der Waals surface area contributed by atoms with Crippen LogP contribution in [0.1, 0.15) is 29.8 Å². The van der Waals surface area contributed by atoms with E-state index in [-0.39, 0.29) is 18.1 Å². The zero-order chi connectivity index (χ0) is 16.9. The van der Waals surface area contributed by atoms with Crippen LogP contribution >= 0.6 is 0 Å². The third kappa shape index (κ3) is 4.15. The van der Waals surface area contributed by atoms with Crippen molar-refractivity contribution in [2.75, 3.05) is 13.1 Å². The van der Waals surface area contributed by atoms with Gasteiger partial charge in [0.1, 0.15) is 12.4 Å². The van der Waals surface area contributed by atoms with E-state index in [4.69, 9.17) is 9.47 Å². The number of hydrogen-bond donors (Lipinski definition) is 0. The lowest BCUT2D eigenvalue weighted by molar-refractivity contribution is -0.0586. The summed E-state index contributed by atoms with van der Waals surface area (Å²) in [5, 5.41) is 0. The molecule has 0 aromatic heterocycles. The van der Waals surface area contributed by atoms with Crippen LogP contribution in [-0.2, 0) is 11.3 Å². The topological polar surface area (TPSA) is 38.8 Å². The minimum absolute atomic E-state index is 0.0478. The average Bonchev–Trinajstić information content (AvgIpc) is 2.60. The van der Waals surface area contributed by atoms with Gasteiger partial charge in [0.2, 0.25) is 0 Å². The van der Waals surface area contributed by atoms with Crippen LogP contribution in [0, 0.1) is 0 Å². The number of carbonyl (C=O) groups excluding carboxylic acids is 1. The Hall–Kier alpha value is -2.33. The standard InChI is InChI=1S/C20H23NO3/c1-15-12-21(13-16(2)24-15)20(22)18-8-10-19(11-9-18)23-14-17-6-4-3-5-7-17/h3-11,15-16H,12-14H2,1-2H3/t15-,16-/m0/s1. The number of benzene rings is 2. The van der Waals surface area contributed by atoms with Crippen molar-refractivity contribution in [1.29, 1.82) is 0 Å². The molecule has 0 radical (unpaired) electrons. The molecule has 2 aromatic rings. The van der Waals surface area contributed by atoms with Gasteiger partial charge in [0, 0.05) is 18.7 Å². The average molecular weight is 325 g/mol. The first-order valence-corrected chi connectivity index (χ1v) is 8.33. The highest BCUT2D eigenvalue weighted by Crippen LogP contribution is 2.18. The normalized spacial score (nSPS) is 20.7. The summed E-state index contributed by atoms with van der Waals surface area (Å²) in [7, 11) is 0. The van der Waals surface area contributed by atoms with Gasteiger partial charge in [-0.2, -0.15) is 0 Å². The third-order valence-electron chi connectivity index (χ3n) is 4.06. The van der Waals surface area contributed by atoms with E-state index in [2.05, 4.69) is 0 Å². The molecule has 0 bridgehead atoms. The maximum Gasteiger partial charge on any atom is 0.254 e. The molecule has 1 fully saturated rings. The molecule has 4 heteroatoms. The number of carbonyl (C=O) groups is 1. The Morgan fingerprint density at radius 3 is 2.29 bits per heavy atom. The fraction of sp³-hybridized carbons (Fsp3) is 0.350. The van der Waals surface area contributed by atoms with Crippen LogP contribution in [0.5, 0.6) is 5.75 Å². The number of ether oxygens (including phenoxy) is 2. The van der Waals surface area contributed by atoms with Crippen LogP contribution in [0.4, 0.5) is 0 Å². The molecule has 1 saturated heterocycles. The van der Waals surface area contributed by atoms with Gasteiger partial charge in [0.25, 0.3) is 5.91 Å². The summed E-state index contributed by atoms with van der Waals surface area (Å²) in [5.74, 6) is 0.811. The highest BCUT2D eigenvalue weighted by molar-refractivity contribution is 5.94. The van der Waals surface area contributed by atoms with Crippen LogP contribution in [0.2, 0.25) is 0 Å². The quantitative estimate of drug-likeness (QED) is 0.863. The van der Waals surface area contributed by atoms with Crippen LogP contribution in [0.25, 0.3) is 0 Å². The Labute approximate surface area is 143 Å². The molecule has 24 heavy (non-hydrogen) atoms. The molecule has 4 nitrogen and oxygen atoms in total. The number of nitrogens with zero attached hydrogens (tertiary/aromatic N) is 1. The summed E-state index contributed by atoms with van der Waals surface area (Å²) in [6.07, 6.45) is 0.150. The predicted molar refractivity (Wildman–Crippen MR) is 93.1 cm³/mol. The minimum Gasteiger partial charge on any atom is -0.489 e. The SMILES string of the molecule is C[C@H]1CN(C(=O)c2ccc(OCc3ccccc3)cc2)C[C@H](C)O1. The Morgan fingerprint density at radius 1 is 1.04 bits per heavy atom. The van der Waals surface area contributed by atoms with Gasteiger partial charge in [-0.25, -0.2) is 0 Å². The Bertz CT molecular complexity index is 659. The summed E-state index contributed by atoms with van der Waals surface area (Å²) in [6, 6.07) is 17.4. The maximum atomic E-state index is 12.6. The highest BCUT2D eigenvalue weighted by atomic mass is 16.5. The zero-order valence-electron chi connectivity index (χ0n) is 14.1. The first-order chi connectivity index (χ1) is 11.6. The van der Waals surface area contributed by atoms with Crippen molar-refractivity contribution in [3.8, 4) is 5.75 Å². The lowest BCUT2D eigenvalue weighted by Crippen LogP contribution is -2.48. The van der Waals surface area contributed by atoms with E-state index in [0.717, 1.165) is 11.3 Å². The molecular formula is C20H23NO3. The van der Waals surface area contributed by atoms with Gasteiger partial charge in [-0.3, -0.25) is 4.79 Å². The van der Waals surface area contributed by atoms with E-state index in [0.29, 0.717) is 25.3 Å². The van der Waals surface area contributed by atoms with Gasteiger partial charge in [-0.15, -0.1) is 0 Å². The lowest BCUT2D eigenvalue weighted by atomic mass is 10.1. The van der Waals surface area contributed by atoms with E-state index in [9.17, 15) is 4.79 Å². The molecule has 1 aliphatic rings. The van der Waals surface area contributed by atoms with Crippen LogP contribution in [-0.4, -0.2) is 36.1 Å². The molecule has 1 aliphatic heterocycles. The monoisotopic (exact) mass is 325 g/mol. The van der Waals surface area contributed by atoms with Gasteiger partial charge in [-0.05, 0) is 43.7 Å². The van der Waals surface area contributed by atoms with Crippen molar-refractivity contribution < 1.29 is 14.3 Å². The molecule has 0 N–H and O–H groups in total. The van der Waals surface area contributed by atoms with E-state index in [1.807, 2.05) is 73.3 Å². The first-order valence-electron chi connectivity index (χ1n) is 8.33. The Balaban J connectivity index is 1.60. The number of hydrogen-bond acceptors (Lipinski definition) is 3. The molecule has 1 amide bonds. The van der Waals surface area contributed by atoms with Gasteiger partial charge in [0.05, 0.1) is 12.2 Å². The fourth-order valence-electron chi connectivity index (χ4n) is 2.96. The van der Waals surface area contributed by atoms with Crippen LogP contribution in [0.3, 0.4) is 0 Å². The number of rotatable bonds is 4. The molecule has 0 spiro atoms. The Morgan fingerprint density at radius 2 is 1.67 bits per heavy atom. The maximum absolute atomic E-state index is 12.6. The summed E-state index contributed by atoms with van der Waals surface area (Å²) >= 11 is 0. The number of morpholine rings is 1. The van der Waals surface area contributed by atoms with Gasteiger partial charge in [-0.1, -0.05) is 30.3 Å². The fourth-order valence-corrected chi connectivity index (χ4v) is 2.96. The molecule has 2 atom stereocenters. The minimum atomic E-state index is 0.0478. The van der Waals surface area contributed by atoms with Crippen LogP contribution in [0.15, 0.2) is 54.6 Å². The summed E-state index contributed by atoms with van der Waals surface area (Å²) < 4.78 is 11.4. The molecule has 0 unspecified atom stereocenters. The van der Waals surface area contributed by atoms with E-state index in [1.54, 1.807) is 0 Å². The van der Waals surface area contributed by atoms with Gasteiger partial charge in [0.15, 0.2) is 0 Å². The van der Waals surface area contributed by atoms with E-state index < -0.39 is 0 Å². The molecule has 126 valence electrons. The predicted octanol–water partition coefficient (Wildman–Crippen LogP) is 3.52. The van der Waals surface area contributed by atoms with Crippen molar-refractivity contribution in [2.24, 2.45) is 0 Å². The largest absolute Gasteiger partial charge is 0.489 e. The second-order valence-corrected chi connectivity index (χ2v) is 6.27. The molecule has 1 heterocycles.